The van der Waals surface area contributed by atoms with Crippen molar-refractivity contribution < 1.29 is 4.79 Å². The highest BCUT2D eigenvalue weighted by Gasteiger charge is 2.16. The molecular formula is C12H12N2O. The van der Waals surface area contributed by atoms with Crippen LogP contribution in [0.15, 0.2) is 24.3 Å². The predicted molar refractivity (Wildman–Crippen MR) is 57.6 cm³/mol. The van der Waals surface area contributed by atoms with E-state index in [1.54, 1.807) is 6.07 Å². The maximum Gasteiger partial charge on any atom is 0.136 e. The van der Waals surface area contributed by atoms with Crippen molar-refractivity contribution in [2.45, 2.75) is 12.8 Å². The lowest BCUT2D eigenvalue weighted by Crippen LogP contribution is -2.33. The maximum atomic E-state index is 11.1. The topological polar surface area (TPSA) is 44.1 Å². The summed E-state index contributed by atoms with van der Waals surface area (Å²) in [6.07, 6.45) is 1.24. The fourth-order valence-electron chi connectivity index (χ4n) is 1.79. The van der Waals surface area contributed by atoms with E-state index >= 15 is 0 Å². The SMILES string of the molecule is N#Cc1cccc(N2CCC(=O)CC2)c1. The van der Waals surface area contributed by atoms with Crippen molar-refractivity contribution in [2.75, 3.05) is 18.0 Å². The van der Waals surface area contributed by atoms with Gasteiger partial charge in [-0.05, 0) is 18.2 Å². The molecule has 2 rings (SSSR count). The van der Waals surface area contributed by atoms with Crippen LogP contribution in [0.5, 0.6) is 0 Å². The van der Waals surface area contributed by atoms with Crippen LogP contribution in [0.2, 0.25) is 0 Å². The molecule has 3 heteroatoms. The van der Waals surface area contributed by atoms with E-state index in [0.717, 1.165) is 18.8 Å². The summed E-state index contributed by atoms with van der Waals surface area (Å²) in [5.74, 6) is 0.336. The van der Waals surface area contributed by atoms with Crippen LogP contribution in [0.4, 0.5) is 5.69 Å². The van der Waals surface area contributed by atoms with E-state index in [2.05, 4.69) is 11.0 Å². The molecule has 76 valence electrons. The monoisotopic (exact) mass is 200 g/mol. The number of hydrogen-bond acceptors (Lipinski definition) is 3. The van der Waals surface area contributed by atoms with Crippen LogP contribution >= 0.6 is 0 Å². The van der Waals surface area contributed by atoms with Crippen molar-refractivity contribution in [1.82, 2.24) is 0 Å². The minimum Gasteiger partial charge on any atom is -0.371 e. The lowest BCUT2D eigenvalue weighted by molar-refractivity contribution is -0.119. The summed E-state index contributed by atoms with van der Waals surface area (Å²) in [5.41, 5.74) is 1.71. The molecule has 0 aliphatic carbocycles. The number of carbonyl (C=O) groups excluding carboxylic acids is 1. The Kier molecular flexibility index (Phi) is 2.68. The lowest BCUT2D eigenvalue weighted by Gasteiger charge is -2.28. The van der Waals surface area contributed by atoms with Gasteiger partial charge in [0.1, 0.15) is 5.78 Å². The number of ketones is 1. The summed E-state index contributed by atoms with van der Waals surface area (Å²) in [6, 6.07) is 9.64. The Morgan fingerprint density at radius 2 is 2.00 bits per heavy atom. The first-order valence-electron chi connectivity index (χ1n) is 5.06. The third-order valence-electron chi connectivity index (χ3n) is 2.66. The fraction of sp³-hybridized carbons (Fsp3) is 0.333. The Bertz CT molecular complexity index is 410. The van der Waals surface area contributed by atoms with Gasteiger partial charge in [-0.1, -0.05) is 6.07 Å². The summed E-state index contributed by atoms with van der Waals surface area (Å²) in [6.45, 7) is 1.54. The van der Waals surface area contributed by atoms with E-state index in [1.807, 2.05) is 18.2 Å². The normalized spacial score (nSPS) is 16.2. The van der Waals surface area contributed by atoms with Gasteiger partial charge in [-0.25, -0.2) is 0 Å². The molecule has 1 fully saturated rings. The van der Waals surface area contributed by atoms with Crippen molar-refractivity contribution in [2.24, 2.45) is 0 Å². The quantitative estimate of drug-likeness (QED) is 0.693. The van der Waals surface area contributed by atoms with Gasteiger partial charge in [-0.3, -0.25) is 4.79 Å². The van der Waals surface area contributed by atoms with E-state index in [0.29, 0.717) is 24.2 Å². The standard InChI is InChI=1S/C12H12N2O/c13-9-10-2-1-3-11(8-10)14-6-4-12(15)5-7-14/h1-3,8H,4-7H2. The van der Waals surface area contributed by atoms with Gasteiger partial charge in [0, 0.05) is 31.6 Å². The number of nitrogens with zero attached hydrogens (tertiary/aromatic N) is 2. The summed E-state index contributed by atoms with van der Waals surface area (Å²) in [5, 5.41) is 8.78. The second-order valence-electron chi connectivity index (χ2n) is 3.69. The van der Waals surface area contributed by atoms with Gasteiger partial charge in [0.25, 0.3) is 0 Å². The highest BCUT2D eigenvalue weighted by molar-refractivity contribution is 5.81. The molecule has 0 unspecified atom stereocenters. The third kappa shape index (κ3) is 2.16. The van der Waals surface area contributed by atoms with Gasteiger partial charge in [0.2, 0.25) is 0 Å². The van der Waals surface area contributed by atoms with Crippen LogP contribution < -0.4 is 4.90 Å². The Balaban J connectivity index is 2.16. The molecular weight excluding hydrogens is 188 g/mol. The fourth-order valence-corrected chi connectivity index (χ4v) is 1.79. The Morgan fingerprint density at radius 3 is 2.67 bits per heavy atom. The zero-order valence-corrected chi connectivity index (χ0v) is 8.44. The first-order valence-corrected chi connectivity index (χ1v) is 5.06. The molecule has 1 heterocycles. The molecule has 0 bridgehead atoms. The molecule has 15 heavy (non-hydrogen) atoms. The number of Topliss-reactive ketones (excluding diaryl/α,β-unsaturated/α-hetero) is 1. The predicted octanol–water partition coefficient (Wildman–Crippen LogP) is 1.73. The summed E-state index contributed by atoms with van der Waals surface area (Å²) < 4.78 is 0. The summed E-state index contributed by atoms with van der Waals surface area (Å²) >= 11 is 0. The van der Waals surface area contributed by atoms with Crippen molar-refractivity contribution in [3.63, 3.8) is 0 Å². The highest BCUT2D eigenvalue weighted by atomic mass is 16.1. The summed E-state index contributed by atoms with van der Waals surface area (Å²) in [7, 11) is 0. The van der Waals surface area contributed by atoms with Crippen LogP contribution in [0.25, 0.3) is 0 Å². The number of nitriles is 1. The van der Waals surface area contributed by atoms with E-state index in [4.69, 9.17) is 5.26 Å². The molecule has 1 aliphatic rings. The highest BCUT2D eigenvalue weighted by Crippen LogP contribution is 2.19. The van der Waals surface area contributed by atoms with Crippen molar-refractivity contribution >= 4 is 11.5 Å². The van der Waals surface area contributed by atoms with Crippen LogP contribution in [-0.4, -0.2) is 18.9 Å². The number of rotatable bonds is 1. The van der Waals surface area contributed by atoms with Crippen molar-refractivity contribution in [3.05, 3.63) is 29.8 Å². The van der Waals surface area contributed by atoms with Crippen molar-refractivity contribution in [3.8, 4) is 6.07 Å². The largest absolute Gasteiger partial charge is 0.371 e. The van der Waals surface area contributed by atoms with Gasteiger partial charge in [-0.15, -0.1) is 0 Å². The van der Waals surface area contributed by atoms with E-state index in [9.17, 15) is 4.79 Å². The second kappa shape index (κ2) is 4.14. The minimum atomic E-state index is 0.336. The van der Waals surface area contributed by atoms with Crippen LogP contribution in [0, 0.1) is 11.3 Å². The number of benzene rings is 1. The molecule has 0 radical (unpaired) electrons. The molecule has 1 saturated heterocycles. The third-order valence-corrected chi connectivity index (χ3v) is 2.66. The maximum absolute atomic E-state index is 11.1. The number of piperidine rings is 1. The second-order valence-corrected chi connectivity index (χ2v) is 3.69. The molecule has 0 amide bonds. The molecule has 1 aliphatic heterocycles. The number of carbonyl (C=O) groups is 1. The van der Waals surface area contributed by atoms with Gasteiger partial charge in [0.05, 0.1) is 11.6 Å². The zero-order chi connectivity index (χ0) is 10.7. The Labute approximate surface area is 88.9 Å². The van der Waals surface area contributed by atoms with Crippen LogP contribution in [0.1, 0.15) is 18.4 Å². The average Bonchev–Trinajstić information content (AvgIpc) is 2.30. The smallest absolute Gasteiger partial charge is 0.136 e. The Hall–Kier alpha value is -1.82. The first-order chi connectivity index (χ1) is 7.29. The molecule has 0 aromatic heterocycles. The number of hydrogen-bond donors (Lipinski definition) is 0. The minimum absolute atomic E-state index is 0.336. The van der Waals surface area contributed by atoms with E-state index in [-0.39, 0.29) is 0 Å². The molecule has 1 aromatic carbocycles. The Morgan fingerprint density at radius 1 is 1.27 bits per heavy atom. The molecule has 3 nitrogen and oxygen atoms in total. The van der Waals surface area contributed by atoms with Gasteiger partial charge in [-0.2, -0.15) is 5.26 Å². The van der Waals surface area contributed by atoms with Crippen LogP contribution in [-0.2, 0) is 4.79 Å². The number of anilines is 1. The van der Waals surface area contributed by atoms with Crippen molar-refractivity contribution in [1.29, 1.82) is 5.26 Å². The van der Waals surface area contributed by atoms with Gasteiger partial charge < -0.3 is 4.90 Å². The summed E-state index contributed by atoms with van der Waals surface area (Å²) in [4.78, 5) is 13.2. The molecule has 0 atom stereocenters. The average molecular weight is 200 g/mol. The lowest BCUT2D eigenvalue weighted by atomic mass is 10.1. The zero-order valence-electron chi connectivity index (χ0n) is 8.44. The van der Waals surface area contributed by atoms with Gasteiger partial charge in [0.15, 0.2) is 0 Å². The molecule has 1 aromatic rings. The molecule has 0 saturated carbocycles. The van der Waals surface area contributed by atoms with E-state index in [1.165, 1.54) is 0 Å². The first kappa shape index (κ1) is 9.72. The van der Waals surface area contributed by atoms with E-state index < -0.39 is 0 Å². The molecule has 0 N–H and O–H groups in total. The van der Waals surface area contributed by atoms with Gasteiger partial charge >= 0.3 is 0 Å². The molecule has 0 spiro atoms. The van der Waals surface area contributed by atoms with Crippen LogP contribution in [0.3, 0.4) is 0 Å².